The second-order valence-corrected chi connectivity index (χ2v) is 8.89. The average molecular weight is 329 g/mol. The fourth-order valence-electron chi connectivity index (χ4n) is 2.74. The number of hydrogen-bond acceptors (Lipinski definition) is 6. The molecule has 1 N–H and O–H groups in total. The van der Waals surface area contributed by atoms with Gasteiger partial charge in [0.25, 0.3) is 0 Å². The Morgan fingerprint density at radius 3 is 2.71 bits per heavy atom. The van der Waals surface area contributed by atoms with E-state index < -0.39 is 9.84 Å². The molecule has 1 atom stereocenters. The molecule has 2 aliphatic rings. The molecule has 1 saturated carbocycles. The molecule has 1 amide bonds. The first-order valence-corrected chi connectivity index (χ1v) is 9.81. The molecule has 3 rings (SSSR count). The predicted octanol–water partition coefficient (Wildman–Crippen LogP) is 1.04. The number of sulfone groups is 1. The first-order valence-electron chi connectivity index (χ1n) is 7.11. The highest BCUT2D eigenvalue weighted by atomic mass is 32.2. The lowest BCUT2D eigenvalue weighted by molar-refractivity contribution is -0.117. The number of carbonyl (C=O) groups is 1. The van der Waals surface area contributed by atoms with Crippen LogP contribution in [0.3, 0.4) is 0 Å². The van der Waals surface area contributed by atoms with Crippen molar-refractivity contribution in [1.82, 2.24) is 9.88 Å². The largest absolute Gasteiger partial charge is 0.301 e. The monoisotopic (exact) mass is 329 g/mol. The van der Waals surface area contributed by atoms with E-state index in [1.54, 1.807) is 0 Å². The molecule has 0 bridgehead atoms. The third kappa shape index (κ3) is 3.81. The summed E-state index contributed by atoms with van der Waals surface area (Å²) in [5, 5.41) is 5.29. The molecule has 8 heteroatoms. The quantitative estimate of drug-likeness (QED) is 0.873. The van der Waals surface area contributed by atoms with Crippen molar-refractivity contribution >= 4 is 32.2 Å². The van der Waals surface area contributed by atoms with E-state index >= 15 is 0 Å². The van der Waals surface area contributed by atoms with E-state index in [2.05, 4.69) is 15.2 Å². The van der Waals surface area contributed by atoms with E-state index in [4.69, 9.17) is 0 Å². The first-order chi connectivity index (χ1) is 9.93. The second-order valence-electron chi connectivity index (χ2n) is 5.80. The molecule has 0 aromatic carbocycles. The van der Waals surface area contributed by atoms with Crippen molar-refractivity contribution in [2.75, 3.05) is 23.4 Å². The molecule has 1 saturated heterocycles. The maximum Gasteiger partial charge on any atom is 0.240 e. The van der Waals surface area contributed by atoms with Crippen molar-refractivity contribution in [3.05, 3.63) is 11.1 Å². The molecule has 1 aromatic rings. The molecule has 1 unspecified atom stereocenters. The lowest BCUT2D eigenvalue weighted by Gasteiger charge is -2.27. The van der Waals surface area contributed by atoms with Crippen LogP contribution in [0.4, 0.5) is 5.13 Å². The minimum atomic E-state index is -2.92. The van der Waals surface area contributed by atoms with Crippen LogP contribution in [-0.4, -0.2) is 54.3 Å². The number of carbonyl (C=O) groups excluding carboxylic acids is 1. The maximum absolute atomic E-state index is 12.1. The highest BCUT2D eigenvalue weighted by Crippen LogP contribution is 2.32. The minimum Gasteiger partial charge on any atom is -0.301 e. The Morgan fingerprint density at radius 1 is 1.43 bits per heavy atom. The molecule has 1 aliphatic carbocycles. The van der Waals surface area contributed by atoms with Gasteiger partial charge in [0.1, 0.15) is 0 Å². The summed E-state index contributed by atoms with van der Waals surface area (Å²) in [6.45, 7) is 2.13. The normalized spacial score (nSPS) is 24.4. The summed E-state index contributed by atoms with van der Waals surface area (Å²) < 4.78 is 23.3. The zero-order valence-corrected chi connectivity index (χ0v) is 13.5. The van der Waals surface area contributed by atoms with Gasteiger partial charge in [-0.3, -0.25) is 9.69 Å². The SMILES string of the molecule is Cc1csc(NC(=O)CN(C2CC2)C2CCS(=O)(=O)C2)n1. The van der Waals surface area contributed by atoms with E-state index in [1.807, 2.05) is 12.3 Å². The third-order valence-corrected chi connectivity index (χ3v) is 6.51. The van der Waals surface area contributed by atoms with Gasteiger partial charge < -0.3 is 5.32 Å². The number of amides is 1. The van der Waals surface area contributed by atoms with Gasteiger partial charge in [-0.15, -0.1) is 11.3 Å². The molecular formula is C13H19N3O3S2. The van der Waals surface area contributed by atoms with Crippen LogP contribution in [0.15, 0.2) is 5.38 Å². The highest BCUT2D eigenvalue weighted by molar-refractivity contribution is 7.91. The lowest BCUT2D eigenvalue weighted by Crippen LogP contribution is -2.43. The van der Waals surface area contributed by atoms with Gasteiger partial charge in [0, 0.05) is 17.5 Å². The number of anilines is 1. The number of hydrogen-bond donors (Lipinski definition) is 1. The number of rotatable bonds is 5. The van der Waals surface area contributed by atoms with Crippen LogP contribution in [0.5, 0.6) is 0 Å². The van der Waals surface area contributed by atoms with Gasteiger partial charge in [0.2, 0.25) is 5.91 Å². The predicted molar refractivity (Wildman–Crippen MR) is 82.3 cm³/mol. The molecule has 0 radical (unpaired) electrons. The van der Waals surface area contributed by atoms with E-state index in [0.717, 1.165) is 18.5 Å². The third-order valence-electron chi connectivity index (χ3n) is 3.88. The van der Waals surface area contributed by atoms with Gasteiger partial charge in [-0.2, -0.15) is 0 Å². The number of nitrogens with one attached hydrogen (secondary N) is 1. The van der Waals surface area contributed by atoms with Crippen LogP contribution in [0.1, 0.15) is 25.0 Å². The Bertz CT molecular complexity index is 637. The molecule has 0 spiro atoms. The molecule has 116 valence electrons. The lowest BCUT2D eigenvalue weighted by atomic mass is 10.2. The summed E-state index contributed by atoms with van der Waals surface area (Å²) >= 11 is 1.40. The minimum absolute atomic E-state index is 0.00807. The Kier molecular flexibility index (Phi) is 4.02. The Morgan fingerprint density at radius 2 is 2.19 bits per heavy atom. The molecule has 6 nitrogen and oxygen atoms in total. The van der Waals surface area contributed by atoms with Gasteiger partial charge in [-0.1, -0.05) is 0 Å². The summed E-state index contributed by atoms with van der Waals surface area (Å²) in [4.78, 5) is 18.4. The van der Waals surface area contributed by atoms with E-state index in [1.165, 1.54) is 11.3 Å². The molecular weight excluding hydrogens is 310 g/mol. The topological polar surface area (TPSA) is 79.4 Å². The van der Waals surface area contributed by atoms with Crippen LogP contribution in [-0.2, 0) is 14.6 Å². The van der Waals surface area contributed by atoms with Crippen LogP contribution in [0.25, 0.3) is 0 Å². The molecule has 1 aromatic heterocycles. The zero-order valence-electron chi connectivity index (χ0n) is 11.9. The van der Waals surface area contributed by atoms with Crippen LogP contribution in [0, 0.1) is 6.92 Å². The van der Waals surface area contributed by atoms with Crippen molar-refractivity contribution in [3.8, 4) is 0 Å². The number of thiazole rings is 1. The molecule has 2 fully saturated rings. The molecule has 2 heterocycles. The number of aromatic nitrogens is 1. The average Bonchev–Trinajstić information content (AvgIpc) is 3.07. The first kappa shape index (κ1) is 14.9. The summed E-state index contributed by atoms with van der Waals surface area (Å²) in [5.74, 6) is 0.321. The summed E-state index contributed by atoms with van der Waals surface area (Å²) in [7, 11) is -2.92. The van der Waals surface area contributed by atoms with Gasteiger partial charge in [-0.05, 0) is 26.2 Å². The van der Waals surface area contributed by atoms with E-state index in [0.29, 0.717) is 17.6 Å². The maximum atomic E-state index is 12.1. The smallest absolute Gasteiger partial charge is 0.240 e. The van der Waals surface area contributed by atoms with Crippen molar-refractivity contribution in [1.29, 1.82) is 0 Å². The van der Waals surface area contributed by atoms with Crippen LogP contribution < -0.4 is 5.32 Å². The van der Waals surface area contributed by atoms with Gasteiger partial charge >= 0.3 is 0 Å². The fourth-order valence-corrected chi connectivity index (χ4v) is 5.18. The van der Waals surface area contributed by atoms with Gasteiger partial charge in [0.05, 0.1) is 23.7 Å². The molecule has 1 aliphatic heterocycles. The van der Waals surface area contributed by atoms with Gasteiger partial charge in [0.15, 0.2) is 15.0 Å². The standard InChI is InChI=1S/C13H19N3O3S2/c1-9-7-20-13(14-9)15-12(17)6-16(10-2-3-10)11-4-5-21(18,19)8-11/h7,10-11H,2-6,8H2,1H3,(H,14,15,17). The zero-order chi connectivity index (χ0) is 15.0. The van der Waals surface area contributed by atoms with Crippen molar-refractivity contribution < 1.29 is 13.2 Å². The number of nitrogens with zero attached hydrogens (tertiary/aromatic N) is 2. The Labute approximate surface area is 128 Å². The summed E-state index contributed by atoms with van der Waals surface area (Å²) in [6, 6.07) is 0.360. The van der Waals surface area contributed by atoms with Crippen molar-refractivity contribution in [2.45, 2.75) is 38.3 Å². The Balaban J connectivity index is 1.61. The summed E-state index contributed by atoms with van der Waals surface area (Å²) in [6.07, 6.45) is 2.75. The van der Waals surface area contributed by atoms with E-state index in [9.17, 15) is 13.2 Å². The number of aryl methyl sites for hydroxylation is 1. The summed E-state index contributed by atoms with van der Waals surface area (Å²) in [5.41, 5.74) is 0.885. The van der Waals surface area contributed by atoms with Gasteiger partial charge in [-0.25, -0.2) is 13.4 Å². The highest BCUT2D eigenvalue weighted by Gasteiger charge is 2.40. The fraction of sp³-hybridized carbons (Fsp3) is 0.692. The second kappa shape index (κ2) is 5.66. The molecule has 21 heavy (non-hydrogen) atoms. The van der Waals surface area contributed by atoms with Crippen LogP contribution >= 0.6 is 11.3 Å². The van der Waals surface area contributed by atoms with E-state index in [-0.39, 0.29) is 30.0 Å². The van der Waals surface area contributed by atoms with Crippen molar-refractivity contribution in [2.24, 2.45) is 0 Å². The van der Waals surface area contributed by atoms with Crippen molar-refractivity contribution in [3.63, 3.8) is 0 Å². The van der Waals surface area contributed by atoms with Crippen LogP contribution in [0.2, 0.25) is 0 Å². The Hall–Kier alpha value is -0.990.